The highest BCUT2D eigenvalue weighted by Gasteiger charge is 2.28. The smallest absolute Gasteiger partial charge is 0.138 e. The Bertz CT molecular complexity index is 165. The third-order valence-electron chi connectivity index (χ3n) is 2.72. The Morgan fingerprint density at radius 3 is 2.67 bits per heavy atom. The summed E-state index contributed by atoms with van der Waals surface area (Å²) in [4.78, 5) is 11.7. The maximum Gasteiger partial charge on any atom is 0.138 e. The van der Waals surface area contributed by atoms with Crippen molar-refractivity contribution in [3.8, 4) is 0 Å². The summed E-state index contributed by atoms with van der Waals surface area (Å²) in [6.45, 7) is 8.17. The van der Waals surface area contributed by atoms with Crippen LogP contribution in [0.25, 0.3) is 0 Å². The summed E-state index contributed by atoms with van der Waals surface area (Å²) in [7, 11) is 0. The SMILES string of the molecule is CC(C)C(=O)C1CCNCC1C. The van der Waals surface area contributed by atoms with Gasteiger partial charge in [0.15, 0.2) is 0 Å². The molecule has 0 aromatic carbocycles. The molecule has 0 radical (unpaired) electrons. The van der Waals surface area contributed by atoms with Crippen molar-refractivity contribution in [1.82, 2.24) is 5.32 Å². The van der Waals surface area contributed by atoms with Gasteiger partial charge in [0.2, 0.25) is 0 Å². The second-order valence-corrected chi connectivity index (χ2v) is 4.13. The van der Waals surface area contributed by atoms with E-state index in [9.17, 15) is 4.79 Å². The lowest BCUT2D eigenvalue weighted by Crippen LogP contribution is -2.40. The molecule has 1 aliphatic heterocycles. The number of nitrogens with one attached hydrogen (secondary N) is 1. The van der Waals surface area contributed by atoms with Gasteiger partial charge in [-0.15, -0.1) is 0 Å². The summed E-state index contributed by atoms with van der Waals surface area (Å²) in [5.41, 5.74) is 0. The zero-order chi connectivity index (χ0) is 9.14. The van der Waals surface area contributed by atoms with E-state index in [4.69, 9.17) is 0 Å². The number of piperidine rings is 1. The molecule has 0 amide bonds. The Hall–Kier alpha value is -0.370. The zero-order valence-corrected chi connectivity index (χ0v) is 8.26. The number of carbonyl (C=O) groups excluding carboxylic acids is 1. The lowest BCUT2D eigenvalue weighted by molar-refractivity contribution is -0.128. The van der Waals surface area contributed by atoms with Crippen LogP contribution in [0.15, 0.2) is 0 Å². The molecule has 0 bridgehead atoms. The molecule has 1 fully saturated rings. The molecule has 2 heteroatoms. The fourth-order valence-electron chi connectivity index (χ4n) is 1.86. The van der Waals surface area contributed by atoms with Crippen LogP contribution in [0, 0.1) is 17.8 Å². The second kappa shape index (κ2) is 4.04. The first-order valence-corrected chi connectivity index (χ1v) is 4.87. The van der Waals surface area contributed by atoms with E-state index in [2.05, 4.69) is 12.2 Å². The lowest BCUT2D eigenvalue weighted by Gasteiger charge is -2.29. The van der Waals surface area contributed by atoms with Crippen LogP contribution < -0.4 is 5.32 Å². The fraction of sp³-hybridized carbons (Fsp3) is 0.900. The van der Waals surface area contributed by atoms with Crippen molar-refractivity contribution < 1.29 is 4.79 Å². The van der Waals surface area contributed by atoms with Crippen LogP contribution in [-0.4, -0.2) is 18.9 Å². The Labute approximate surface area is 74.7 Å². The van der Waals surface area contributed by atoms with Gasteiger partial charge in [0, 0.05) is 11.8 Å². The van der Waals surface area contributed by atoms with E-state index >= 15 is 0 Å². The molecule has 1 heterocycles. The molecule has 1 N–H and O–H groups in total. The van der Waals surface area contributed by atoms with Gasteiger partial charge >= 0.3 is 0 Å². The van der Waals surface area contributed by atoms with E-state index in [-0.39, 0.29) is 5.92 Å². The fourth-order valence-corrected chi connectivity index (χ4v) is 1.86. The third kappa shape index (κ3) is 2.07. The van der Waals surface area contributed by atoms with Gasteiger partial charge in [-0.05, 0) is 25.4 Å². The molecule has 0 aromatic rings. The van der Waals surface area contributed by atoms with Gasteiger partial charge in [-0.3, -0.25) is 4.79 Å². The molecule has 2 atom stereocenters. The summed E-state index contributed by atoms with van der Waals surface area (Å²) in [5.74, 6) is 1.49. The highest BCUT2D eigenvalue weighted by Crippen LogP contribution is 2.22. The summed E-state index contributed by atoms with van der Waals surface area (Å²) >= 11 is 0. The largest absolute Gasteiger partial charge is 0.316 e. The van der Waals surface area contributed by atoms with Crippen molar-refractivity contribution in [2.24, 2.45) is 17.8 Å². The zero-order valence-electron chi connectivity index (χ0n) is 8.26. The van der Waals surface area contributed by atoms with Gasteiger partial charge in [0.1, 0.15) is 5.78 Å². The van der Waals surface area contributed by atoms with Crippen LogP contribution in [0.2, 0.25) is 0 Å². The van der Waals surface area contributed by atoms with Crippen molar-refractivity contribution in [2.45, 2.75) is 27.2 Å². The molecule has 0 spiro atoms. The maximum absolute atomic E-state index is 11.7. The van der Waals surface area contributed by atoms with Gasteiger partial charge in [-0.25, -0.2) is 0 Å². The van der Waals surface area contributed by atoms with Crippen LogP contribution in [0.1, 0.15) is 27.2 Å². The molecule has 2 unspecified atom stereocenters. The normalized spacial score (nSPS) is 30.7. The highest BCUT2D eigenvalue weighted by molar-refractivity contribution is 5.83. The molecule has 12 heavy (non-hydrogen) atoms. The first-order valence-electron chi connectivity index (χ1n) is 4.87. The molecular weight excluding hydrogens is 150 g/mol. The second-order valence-electron chi connectivity index (χ2n) is 4.13. The van der Waals surface area contributed by atoms with Gasteiger partial charge in [-0.1, -0.05) is 20.8 Å². The van der Waals surface area contributed by atoms with Crippen molar-refractivity contribution in [2.75, 3.05) is 13.1 Å². The van der Waals surface area contributed by atoms with Crippen LogP contribution in [-0.2, 0) is 4.79 Å². The number of hydrogen-bond donors (Lipinski definition) is 1. The van der Waals surface area contributed by atoms with E-state index in [0.29, 0.717) is 17.6 Å². The molecule has 0 aliphatic carbocycles. The van der Waals surface area contributed by atoms with Crippen LogP contribution in [0.5, 0.6) is 0 Å². The van der Waals surface area contributed by atoms with Crippen LogP contribution in [0.4, 0.5) is 0 Å². The Morgan fingerprint density at radius 1 is 1.50 bits per heavy atom. The van der Waals surface area contributed by atoms with E-state index in [1.165, 1.54) is 0 Å². The molecule has 0 aromatic heterocycles. The van der Waals surface area contributed by atoms with E-state index < -0.39 is 0 Å². The van der Waals surface area contributed by atoms with Crippen molar-refractivity contribution in [3.05, 3.63) is 0 Å². The number of rotatable bonds is 2. The Morgan fingerprint density at radius 2 is 2.17 bits per heavy atom. The van der Waals surface area contributed by atoms with Crippen LogP contribution in [0.3, 0.4) is 0 Å². The number of Topliss-reactive ketones (excluding diaryl/α,β-unsaturated/α-hetero) is 1. The minimum Gasteiger partial charge on any atom is -0.316 e. The first-order chi connectivity index (χ1) is 5.63. The van der Waals surface area contributed by atoms with Gasteiger partial charge in [-0.2, -0.15) is 0 Å². The predicted molar refractivity (Wildman–Crippen MR) is 50.0 cm³/mol. The number of hydrogen-bond acceptors (Lipinski definition) is 2. The third-order valence-corrected chi connectivity index (χ3v) is 2.72. The monoisotopic (exact) mass is 169 g/mol. The van der Waals surface area contributed by atoms with E-state index in [1.54, 1.807) is 0 Å². The minimum atomic E-state index is 0.204. The Balaban J connectivity index is 2.53. The minimum absolute atomic E-state index is 0.204. The van der Waals surface area contributed by atoms with Gasteiger partial charge in [0.05, 0.1) is 0 Å². The van der Waals surface area contributed by atoms with E-state index in [1.807, 2.05) is 13.8 Å². The summed E-state index contributed by atoms with van der Waals surface area (Å²) < 4.78 is 0. The Kier molecular flexibility index (Phi) is 3.27. The standard InChI is InChI=1S/C10H19NO/c1-7(2)10(12)9-4-5-11-6-8(9)3/h7-9,11H,4-6H2,1-3H3. The van der Waals surface area contributed by atoms with Gasteiger partial charge < -0.3 is 5.32 Å². The molecule has 1 rings (SSSR count). The summed E-state index contributed by atoms with van der Waals surface area (Å²) in [5, 5.41) is 3.31. The molecule has 1 aliphatic rings. The lowest BCUT2D eigenvalue weighted by atomic mass is 9.81. The van der Waals surface area contributed by atoms with E-state index in [0.717, 1.165) is 19.5 Å². The summed E-state index contributed by atoms with van der Waals surface area (Å²) in [6.07, 6.45) is 1.03. The quantitative estimate of drug-likeness (QED) is 0.678. The average molecular weight is 169 g/mol. The van der Waals surface area contributed by atoms with Crippen molar-refractivity contribution in [1.29, 1.82) is 0 Å². The summed E-state index contributed by atoms with van der Waals surface area (Å²) in [6, 6.07) is 0. The topological polar surface area (TPSA) is 29.1 Å². The molecule has 0 saturated carbocycles. The molecular formula is C10H19NO. The molecule has 70 valence electrons. The van der Waals surface area contributed by atoms with Crippen LogP contribution >= 0.6 is 0 Å². The highest BCUT2D eigenvalue weighted by atomic mass is 16.1. The maximum atomic E-state index is 11.7. The number of ketones is 1. The van der Waals surface area contributed by atoms with Crippen molar-refractivity contribution in [3.63, 3.8) is 0 Å². The van der Waals surface area contributed by atoms with Gasteiger partial charge in [0.25, 0.3) is 0 Å². The average Bonchev–Trinajstić information content (AvgIpc) is 2.04. The predicted octanol–water partition coefficient (Wildman–Crippen LogP) is 1.46. The number of carbonyl (C=O) groups is 1. The molecule has 1 saturated heterocycles. The van der Waals surface area contributed by atoms with Crippen molar-refractivity contribution >= 4 is 5.78 Å². The first kappa shape index (κ1) is 9.72. The molecule has 2 nitrogen and oxygen atoms in total.